The number of nitrogens with one attached hydrogen (secondary N) is 3. The lowest BCUT2D eigenvalue weighted by Crippen LogP contribution is -2.40. The molecular weight excluding hydrogens is 244 g/mol. The molecule has 1 saturated heterocycles. The highest BCUT2D eigenvalue weighted by molar-refractivity contribution is 5.94. The molecule has 2 rings (SSSR count). The van der Waals surface area contributed by atoms with E-state index < -0.39 is 0 Å². The molecule has 0 aromatic carbocycles. The number of aromatic nitrogens is 1. The summed E-state index contributed by atoms with van der Waals surface area (Å²) in [7, 11) is 0. The Morgan fingerprint density at radius 1 is 1.47 bits per heavy atom. The third kappa shape index (κ3) is 2.85. The number of hydrogen-bond acceptors (Lipinski definition) is 5. The van der Waals surface area contributed by atoms with Gasteiger partial charge in [0, 0.05) is 18.3 Å². The van der Waals surface area contributed by atoms with Crippen LogP contribution in [0.15, 0.2) is 18.3 Å². The van der Waals surface area contributed by atoms with Crippen molar-refractivity contribution in [3.63, 3.8) is 0 Å². The molecule has 2 heterocycles. The van der Waals surface area contributed by atoms with E-state index in [1.54, 1.807) is 6.07 Å². The summed E-state index contributed by atoms with van der Waals surface area (Å²) in [6, 6.07) is 3.19. The monoisotopic (exact) mass is 264 g/mol. The van der Waals surface area contributed by atoms with Gasteiger partial charge in [-0.2, -0.15) is 0 Å². The summed E-state index contributed by atoms with van der Waals surface area (Å²) in [5.41, 5.74) is 6.23. The number of hydrazine groups is 1. The van der Waals surface area contributed by atoms with Gasteiger partial charge in [-0.3, -0.25) is 15.6 Å². The lowest BCUT2D eigenvalue weighted by Gasteiger charge is -2.23. The number of carbonyl (C=O) groups is 1. The van der Waals surface area contributed by atoms with Crippen LogP contribution in [0.2, 0.25) is 0 Å². The number of hydrogen-bond donors (Lipinski definition) is 4. The standard InChI is InChI=1S/C13H20N4O2/c1-7(2)11-10(8(3)16-17-11)13(19)15-12-9(18)5-4-6-14-12/h4-8,10-11,16-18H,1-3H3,(H,14,15,19). The van der Waals surface area contributed by atoms with Gasteiger partial charge in [0.05, 0.1) is 5.92 Å². The molecule has 3 unspecified atom stereocenters. The molecule has 19 heavy (non-hydrogen) atoms. The fourth-order valence-corrected chi connectivity index (χ4v) is 2.38. The first-order valence-corrected chi connectivity index (χ1v) is 6.46. The van der Waals surface area contributed by atoms with E-state index in [4.69, 9.17) is 0 Å². The van der Waals surface area contributed by atoms with Crippen molar-refractivity contribution in [1.82, 2.24) is 15.8 Å². The molecule has 0 radical (unpaired) electrons. The van der Waals surface area contributed by atoms with Gasteiger partial charge in [-0.05, 0) is 25.0 Å². The maximum absolute atomic E-state index is 12.4. The van der Waals surface area contributed by atoms with Gasteiger partial charge in [0.25, 0.3) is 0 Å². The Morgan fingerprint density at radius 3 is 2.84 bits per heavy atom. The van der Waals surface area contributed by atoms with Crippen LogP contribution in [-0.4, -0.2) is 28.1 Å². The minimum absolute atomic E-state index is 0.0245. The third-order valence-corrected chi connectivity index (χ3v) is 3.45. The number of aromatic hydroxyl groups is 1. The molecule has 1 aromatic heterocycles. The molecule has 6 heteroatoms. The molecule has 1 aromatic rings. The highest BCUT2D eigenvalue weighted by Gasteiger charge is 2.40. The van der Waals surface area contributed by atoms with Crippen LogP contribution in [0.5, 0.6) is 5.75 Å². The summed E-state index contributed by atoms with van der Waals surface area (Å²) in [4.78, 5) is 16.3. The van der Waals surface area contributed by atoms with Crippen molar-refractivity contribution in [2.24, 2.45) is 11.8 Å². The zero-order valence-electron chi connectivity index (χ0n) is 11.3. The Balaban J connectivity index is 2.13. The molecule has 0 aliphatic carbocycles. The van der Waals surface area contributed by atoms with Crippen LogP contribution < -0.4 is 16.2 Å². The van der Waals surface area contributed by atoms with E-state index in [2.05, 4.69) is 35.0 Å². The van der Waals surface area contributed by atoms with Crippen LogP contribution >= 0.6 is 0 Å². The molecular formula is C13H20N4O2. The van der Waals surface area contributed by atoms with Crippen LogP contribution in [0, 0.1) is 11.8 Å². The number of carbonyl (C=O) groups excluding carboxylic acids is 1. The Hall–Kier alpha value is -1.66. The van der Waals surface area contributed by atoms with Crippen LogP contribution in [0.1, 0.15) is 20.8 Å². The van der Waals surface area contributed by atoms with Crippen molar-refractivity contribution in [2.45, 2.75) is 32.9 Å². The van der Waals surface area contributed by atoms with Crippen molar-refractivity contribution in [3.8, 4) is 5.75 Å². The number of pyridine rings is 1. The number of anilines is 1. The Labute approximate surface area is 112 Å². The van der Waals surface area contributed by atoms with E-state index >= 15 is 0 Å². The molecule has 104 valence electrons. The van der Waals surface area contributed by atoms with Gasteiger partial charge in [-0.25, -0.2) is 4.98 Å². The van der Waals surface area contributed by atoms with Gasteiger partial charge in [-0.15, -0.1) is 0 Å². The van der Waals surface area contributed by atoms with E-state index in [0.717, 1.165) is 0 Å². The van der Waals surface area contributed by atoms with E-state index in [1.165, 1.54) is 12.3 Å². The lowest BCUT2D eigenvalue weighted by molar-refractivity contribution is -0.120. The second kappa shape index (κ2) is 5.54. The topological polar surface area (TPSA) is 86.3 Å². The molecule has 1 aliphatic rings. The van der Waals surface area contributed by atoms with E-state index in [0.29, 0.717) is 5.92 Å². The maximum Gasteiger partial charge on any atom is 0.232 e. The smallest absolute Gasteiger partial charge is 0.232 e. The van der Waals surface area contributed by atoms with Gasteiger partial charge < -0.3 is 10.4 Å². The molecule has 1 aliphatic heterocycles. The Morgan fingerprint density at radius 2 is 2.21 bits per heavy atom. The SMILES string of the molecule is CC(C)C1NNC(C)C1C(=O)Nc1ncccc1O. The second-order valence-corrected chi connectivity index (χ2v) is 5.23. The zero-order valence-corrected chi connectivity index (χ0v) is 11.3. The van der Waals surface area contributed by atoms with Crippen molar-refractivity contribution in [3.05, 3.63) is 18.3 Å². The normalized spacial score (nSPS) is 26.6. The van der Waals surface area contributed by atoms with Crippen LogP contribution in [0.25, 0.3) is 0 Å². The molecule has 0 spiro atoms. The van der Waals surface area contributed by atoms with Gasteiger partial charge >= 0.3 is 0 Å². The first-order chi connectivity index (χ1) is 9.00. The van der Waals surface area contributed by atoms with Crippen molar-refractivity contribution < 1.29 is 9.90 Å². The lowest BCUT2D eigenvalue weighted by atomic mass is 9.87. The minimum atomic E-state index is -0.207. The summed E-state index contributed by atoms with van der Waals surface area (Å²) in [5, 5.41) is 12.3. The van der Waals surface area contributed by atoms with Gasteiger partial charge in [0.1, 0.15) is 0 Å². The van der Waals surface area contributed by atoms with E-state index in [-0.39, 0.29) is 35.5 Å². The first kappa shape index (κ1) is 13.8. The fourth-order valence-electron chi connectivity index (χ4n) is 2.38. The quantitative estimate of drug-likeness (QED) is 0.650. The highest BCUT2D eigenvalue weighted by Crippen LogP contribution is 2.24. The molecule has 6 nitrogen and oxygen atoms in total. The zero-order chi connectivity index (χ0) is 14.0. The molecule has 1 amide bonds. The van der Waals surface area contributed by atoms with Crippen LogP contribution in [0.4, 0.5) is 5.82 Å². The number of amides is 1. The van der Waals surface area contributed by atoms with Gasteiger partial charge in [0.2, 0.25) is 5.91 Å². The number of rotatable bonds is 3. The molecule has 4 N–H and O–H groups in total. The molecule has 3 atom stereocenters. The highest BCUT2D eigenvalue weighted by atomic mass is 16.3. The fraction of sp³-hybridized carbons (Fsp3) is 0.538. The molecule has 0 bridgehead atoms. The predicted molar refractivity (Wildman–Crippen MR) is 72.4 cm³/mol. The first-order valence-electron chi connectivity index (χ1n) is 6.46. The van der Waals surface area contributed by atoms with Crippen molar-refractivity contribution in [1.29, 1.82) is 0 Å². The molecule has 1 fully saturated rings. The van der Waals surface area contributed by atoms with Crippen LogP contribution in [-0.2, 0) is 4.79 Å². The average Bonchev–Trinajstić information content (AvgIpc) is 2.74. The minimum Gasteiger partial charge on any atom is -0.504 e. The van der Waals surface area contributed by atoms with E-state index in [9.17, 15) is 9.90 Å². The largest absolute Gasteiger partial charge is 0.504 e. The van der Waals surface area contributed by atoms with Crippen molar-refractivity contribution in [2.75, 3.05) is 5.32 Å². The summed E-state index contributed by atoms with van der Waals surface area (Å²) in [6.45, 7) is 6.09. The summed E-state index contributed by atoms with van der Waals surface area (Å²) >= 11 is 0. The Kier molecular flexibility index (Phi) is 4.01. The molecule has 0 saturated carbocycles. The third-order valence-electron chi connectivity index (χ3n) is 3.45. The summed E-state index contributed by atoms with van der Waals surface area (Å²) in [5.74, 6) is 0.155. The predicted octanol–water partition coefficient (Wildman–Crippen LogP) is 0.863. The van der Waals surface area contributed by atoms with Crippen LogP contribution in [0.3, 0.4) is 0 Å². The second-order valence-electron chi connectivity index (χ2n) is 5.23. The number of nitrogens with zero attached hydrogens (tertiary/aromatic N) is 1. The maximum atomic E-state index is 12.4. The summed E-state index contributed by atoms with van der Waals surface area (Å²) < 4.78 is 0. The van der Waals surface area contributed by atoms with E-state index in [1.807, 2.05) is 6.92 Å². The van der Waals surface area contributed by atoms with Crippen molar-refractivity contribution >= 4 is 11.7 Å². The Bertz CT molecular complexity index is 464. The van der Waals surface area contributed by atoms with Gasteiger partial charge in [-0.1, -0.05) is 13.8 Å². The average molecular weight is 264 g/mol. The van der Waals surface area contributed by atoms with Gasteiger partial charge in [0.15, 0.2) is 11.6 Å². The summed E-state index contributed by atoms with van der Waals surface area (Å²) in [6.07, 6.45) is 1.53.